The Morgan fingerprint density at radius 1 is 1.17 bits per heavy atom. The minimum atomic E-state index is -0.201. The van der Waals surface area contributed by atoms with Crippen LogP contribution in [0.3, 0.4) is 0 Å². The maximum atomic E-state index is 13.2. The van der Waals surface area contributed by atoms with Crippen LogP contribution < -0.4 is 0 Å². The number of benzene rings is 1. The molecule has 3 heterocycles. The second kappa shape index (κ2) is 5.72. The van der Waals surface area contributed by atoms with Gasteiger partial charge in [0.15, 0.2) is 0 Å². The lowest BCUT2D eigenvalue weighted by atomic mass is 9.84. The van der Waals surface area contributed by atoms with Gasteiger partial charge in [-0.2, -0.15) is 0 Å². The molecule has 2 aliphatic rings. The summed E-state index contributed by atoms with van der Waals surface area (Å²) in [5.74, 6) is 0.846. The highest BCUT2D eigenvalue weighted by Crippen LogP contribution is 2.44. The molecule has 0 spiro atoms. The molecule has 0 saturated carbocycles. The first-order valence-electron chi connectivity index (χ1n) is 8.55. The van der Waals surface area contributed by atoms with Crippen LogP contribution in [0.5, 0.6) is 0 Å². The van der Waals surface area contributed by atoms with Gasteiger partial charge in [-0.05, 0) is 63.1 Å². The third-order valence-corrected chi connectivity index (χ3v) is 5.56. The molecule has 0 radical (unpaired) electrons. The third kappa shape index (κ3) is 2.43. The van der Waals surface area contributed by atoms with Crippen molar-refractivity contribution in [1.82, 2.24) is 10.1 Å². The highest BCUT2D eigenvalue weighted by molar-refractivity contribution is 5.96. The summed E-state index contributed by atoms with van der Waals surface area (Å²) < 4.78 is 18.3. The second-order valence-corrected chi connectivity index (χ2v) is 7.02. The summed E-state index contributed by atoms with van der Waals surface area (Å²) in [7, 11) is 0. The van der Waals surface area contributed by atoms with Gasteiger partial charge in [-0.25, -0.2) is 4.39 Å². The average Bonchev–Trinajstić information content (AvgIpc) is 3.03. The molecule has 3 atom stereocenters. The van der Waals surface area contributed by atoms with E-state index < -0.39 is 0 Å². The van der Waals surface area contributed by atoms with Crippen molar-refractivity contribution in [2.75, 3.05) is 0 Å². The lowest BCUT2D eigenvalue weighted by Crippen LogP contribution is -2.46. The molecule has 4 rings (SSSR count). The Bertz CT molecular complexity index is 735. The Morgan fingerprint density at radius 3 is 2.33 bits per heavy atom. The van der Waals surface area contributed by atoms with Gasteiger partial charge in [-0.15, -0.1) is 0 Å². The van der Waals surface area contributed by atoms with Gasteiger partial charge in [-0.3, -0.25) is 4.79 Å². The Labute approximate surface area is 140 Å². The van der Waals surface area contributed by atoms with Crippen molar-refractivity contribution in [3.63, 3.8) is 0 Å². The van der Waals surface area contributed by atoms with Crippen LogP contribution in [0, 0.1) is 19.7 Å². The van der Waals surface area contributed by atoms with Gasteiger partial charge in [0, 0.05) is 12.1 Å². The van der Waals surface area contributed by atoms with E-state index in [0.29, 0.717) is 22.9 Å². The van der Waals surface area contributed by atoms with Crippen molar-refractivity contribution in [3.8, 4) is 0 Å². The molecular weight excluding hydrogens is 307 g/mol. The Hall–Kier alpha value is -2.17. The van der Waals surface area contributed by atoms with Crippen molar-refractivity contribution in [3.05, 3.63) is 52.7 Å². The van der Waals surface area contributed by atoms with Crippen LogP contribution in [-0.4, -0.2) is 28.0 Å². The molecule has 1 amide bonds. The molecule has 4 nitrogen and oxygen atoms in total. The molecule has 1 unspecified atom stereocenters. The van der Waals surface area contributed by atoms with Gasteiger partial charge in [0.1, 0.15) is 17.1 Å². The number of halogens is 1. The van der Waals surface area contributed by atoms with Crippen molar-refractivity contribution >= 4 is 5.91 Å². The average molecular weight is 328 g/mol. The maximum Gasteiger partial charge on any atom is 0.259 e. The van der Waals surface area contributed by atoms with Gasteiger partial charge < -0.3 is 9.42 Å². The molecule has 2 aromatic rings. The normalized spacial score (nSPS) is 26.0. The van der Waals surface area contributed by atoms with E-state index in [1.165, 1.54) is 17.7 Å². The summed E-state index contributed by atoms with van der Waals surface area (Å²) >= 11 is 0. The van der Waals surface area contributed by atoms with Crippen LogP contribution in [0.1, 0.15) is 59.0 Å². The van der Waals surface area contributed by atoms with Crippen LogP contribution >= 0.6 is 0 Å². The van der Waals surface area contributed by atoms with E-state index >= 15 is 0 Å². The number of rotatable bonds is 2. The van der Waals surface area contributed by atoms with Crippen LogP contribution in [0.4, 0.5) is 4.39 Å². The van der Waals surface area contributed by atoms with E-state index in [-0.39, 0.29) is 23.8 Å². The maximum absolute atomic E-state index is 13.2. The number of carbonyl (C=O) groups is 1. The second-order valence-electron chi connectivity index (χ2n) is 7.02. The van der Waals surface area contributed by atoms with Crippen molar-refractivity contribution in [1.29, 1.82) is 0 Å². The number of nitrogens with zero attached hydrogens (tertiary/aromatic N) is 2. The summed E-state index contributed by atoms with van der Waals surface area (Å²) in [5, 5.41) is 3.92. The number of aryl methyl sites for hydroxylation is 2. The first kappa shape index (κ1) is 15.4. The number of aromatic nitrogens is 1. The largest absolute Gasteiger partial charge is 0.361 e. The standard InChI is InChI=1S/C19H21FN2O2/c1-11-18(12(2)24-21-11)19(23)22-16-7-8-17(22)10-14(9-16)13-3-5-15(20)6-4-13/h3-6,14,16-17H,7-10H2,1-2H3/t14?,16-,17+. The van der Waals surface area contributed by atoms with Crippen LogP contribution in [0.2, 0.25) is 0 Å². The molecule has 24 heavy (non-hydrogen) atoms. The molecule has 2 aliphatic heterocycles. The Balaban J connectivity index is 1.57. The minimum absolute atomic E-state index is 0.0521. The Morgan fingerprint density at radius 2 is 1.79 bits per heavy atom. The zero-order valence-corrected chi connectivity index (χ0v) is 14.0. The number of fused-ring (bicyclic) bond motifs is 2. The molecule has 126 valence electrons. The highest BCUT2D eigenvalue weighted by atomic mass is 19.1. The van der Waals surface area contributed by atoms with E-state index in [2.05, 4.69) is 5.16 Å². The van der Waals surface area contributed by atoms with Crippen molar-refractivity contribution in [2.24, 2.45) is 0 Å². The fraction of sp³-hybridized carbons (Fsp3) is 0.474. The van der Waals surface area contributed by atoms with E-state index in [1.807, 2.05) is 24.0 Å². The molecule has 2 bridgehead atoms. The summed E-state index contributed by atoms with van der Waals surface area (Å²) in [4.78, 5) is 15.1. The molecule has 0 aliphatic carbocycles. The molecule has 2 fully saturated rings. The van der Waals surface area contributed by atoms with Gasteiger partial charge in [0.2, 0.25) is 0 Å². The molecule has 1 aromatic heterocycles. The Kier molecular flexibility index (Phi) is 3.66. The van der Waals surface area contributed by atoms with Crippen LogP contribution in [0.15, 0.2) is 28.8 Å². The van der Waals surface area contributed by atoms with Gasteiger partial charge in [0.05, 0.1) is 5.69 Å². The summed E-state index contributed by atoms with van der Waals surface area (Å²) in [5.41, 5.74) is 2.46. The predicted molar refractivity (Wildman–Crippen MR) is 87.3 cm³/mol. The first-order chi connectivity index (χ1) is 11.5. The quantitative estimate of drug-likeness (QED) is 0.837. The lowest BCUT2D eigenvalue weighted by Gasteiger charge is -2.39. The van der Waals surface area contributed by atoms with Gasteiger partial charge >= 0.3 is 0 Å². The minimum Gasteiger partial charge on any atom is -0.361 e. The lowest BCUT2D eigenvalue weighted by molar-refractivity contribution is 0.0569. The van der Waals surface area contributed by atoms with Crippen molar-refractivity contribution < 1.29 is 13.7 Å². The van der Waals surface area contributed by atoms with E-state index in [4.69, 9.17) is 4.52 Å². The highest BCUT2D eigenvalue weighted by Gasteiger charge is 2.44. The fourth-order valence-corrected chi connectivity index (χ4v) is 4.43. The third-order valence-electron chi connectivity index (χ3n) is 5.56. The molecule has 2 saturated heterocycles. The number of hydrogen-bond donors (Lipinski definition) is 0. The van der Waals surface area contributed by atoms with E-state index in [0.717, 1.165) is 25.7 Å². The number of amides is 1. The molecular formula is C19H21FN2O2. The topological polar surface area (TPSA) is 46.3 Å². The number of carbonyl (C=O) groups excluding carboxylic acids is 1. The van der Waals surface area contributed by atoms with E-state index in [9.17, 15) is 9.18 Å². The monoisotopic (exact) mass is 328 g/mol. The summed E-state index contributed by atoms with van der Waals surface area (Å²) in [6, 6.07) is 7.31. The van der Waals surface area contributed by atoms with E-state index in [1.54, 1.807) is 6.92 Å². The van der Waals surface area contributed by atoms with Gasteiger partial charge in [0.25, 0.3) is 5.91 Å². The first-order valence-corrected chi connectivity index (χ1v) is 8.55. The summed E-state index contributed by atoms with van der Waals surface area (Å²) in [6.45, 7) is 3.61. The molecule has 1 aromatic carbocycles. The SMILES string of the molecule is Cc1noc(C)c1C(=O)N1[C@@H]2CC[C@H]1CC(c1ccc(F)cc1)C2. The fourth-order valence-electron chi connectivity index (χ4n) is 4.43. The van der Waals surface area contributed by atoms with Crippen molar-refractivity contribution in [2.45, 2.75) is 57.5 Å². The smallest absolute Gasteiger partial charge is 0.259 e. The molecule has 5 heteroatoms. The number of hydrogen-bond acceptors (Lipinski definition) is 3. The summed E-state index contributed by atoms with van der Waals surface area (Å²) in [6.07, 6.45) is 3.96. The predicted octanol–water partition coefficient (Wildman–Crippen LogP) is 3.98. The molecule has 0 N–H and O–H groups in total. The zero-order chi connectivity index (χ0) is 16.8. The van der Waals surface area contributed by atoms with Gasteiger partial charge in [-0.1, -0.05) is 17.3 Å². The zero-order valence-electron chi connectivity index (χ0n) is 14.0. The number of piperidine rings is 1. The van der Waals surface area contributed by atoms with Crippen LogP contribution in [0.25, 0.3) is 0 Å². The van der Waals surface area contributed by atoms with Crippen LogP contribution in [-0.2, 0) is 0 Å².